The molecular weight excluding hydrogens is 354 g/mol. The Labute approximate surface area is 163 Å². The Bertz CT molecular complexity index is 1050. The van der Waals surface area contributed by atoms with E-state index in [0.29, 0.717) is 18.5 Å². The number of benzene rings is 2. The molecule has 0 unspecified atom stereocenters. The Hall–Kier alpha value is -3.57. The zero-order valence-corrected chi connectivity index (χ0v) is 16.1. The molecule has 0 aliphatic carbocycles. The summed E-state index contributed by atoms with van der Waals surface area (Å²) >= 11 is 0. The largest absolute Gasteiger partial charge is 0.465 e. The molecule has 7 nitrogen and oxygen atoms in total. The molecule has 7 heteroatoms. The Morgan fingerprint density at radius 2 is 1.96 bits per heavy atom. The fourth-order valence-electron chi connectivity index (χ4n) is 3.26. The number of rotatable bonds is 6. The molecular formula is C21H21N5O2. The first-order valence-electron chi connectivity index (χ1n) is 8.90. The predicted octanol–water partition coefficient (Wildman–Crippen LogP) is 4.80. The van der Waals surface area contributed by atoms with Gasteiger partial charge in [-0.3, -0.25) is 0 Å². The number of carbonyl (C=O) groups is 1. The van der Waals surface area contributed by atoms with E-state index in [2.05, 4.69) is 10.0 Å². The number of azide groups is 1. The van der Waals surface area contributed by atoms with Gasteiger partial charge in [-0.25, -0.2) is 9.48 Å². The van der Waals surface area contributed by atoms with Gasteiger partial charge in [-0.1, -0.05) is 29.4 Å². The van der Waals surface area contributed by atoms with E-state index in [1.807, 2.05) is 61.0 Å². The van der Waals surface area contributed by atoms with Crippen LogP contribution in [0, 0.1) is 13.8 Å². The summed E-state index contributed by atoms with van der Waals surface area (Å²) in [6.45, 7) is 4.41. The first-order valence-corrected chi connectivity index (χ1v) is 8.90. The number of hydrogen-bond acceptors (Lipinski definition) is 4. The number of methoxy groups -OCH3 is 1. The van der Waals surface area contributed by atoms with Gasteiger partial charge in [0.1, 0.15) is 0 Å². The standard InChI is InChI=1S/C21H21N5O2/c1-14-20(17-5-4-6-18(13-17)21(27)28-3)15(2)26(24-14)19-9-7-16(8-10-19)11-12-23-25-22/h4-10,13H,11-12H2,1-3H3. The number of hydrogen-bond donors (Lipinski definition) is 0. The van der Waals surface area contributed by atoms with Crippen LogP contribution in [-0.2, 0) is 11.2 Å². The van der Waals surface area contributed by atoms with Gasteiger partial charge >= 0.3 is 5.97 Å². The average Bonchev–Trinajstić information content (AvgIpc) is 3.02. The van der Waals surface area contributed by atoms with Crippen LogP contribution < -0.4 is 0 Å². The lowest BCUT2D eigenvalue weighted by Gasteiger charge is -2.08. The van der Waals surface area contributed by atoms with E-state index in [0.717, 1.165) is 33.8 Å². The highest BCUT2D eigenvalue weighted by Gasteiger charge is 2.16. The van der Waals surface area contributed by atoms with E-state index in [-0.39, 0.29) is 5.97 Å². The van der Waals surface area contributed by atoms with Gasteiger partial charge in [-0.15, -0.1) is 0 Å². The minimum absolute atomic E-state index is 0.360. The van der Waals surface area contributed by atoms with Crippen molar-refractivity contribution in [3.63, 3.8) is 0 Å². The van der Waals surface area contributed by atoms with Crippen LogP contribution in [0.3, 0.4) is 0 Å². The average molecular weight is 375 g/mol. The molecule has 3 rings (SSSR count). The van der Waals surface area contributed by atoms with Gasteiger partial charge in [-0.2, -0.15) is 5.10 Å². The highest BCUT2D eigenvalue weighted by molar-refractivity contribution is 5.91. The molecule has 0 amide bonds. The fraction of sp³-hybridized carbons (Fsp3) is 0.238. The van der Waals surface area contributed by atoms with E-state index in [4.69, 9.17) is 15.4 Å². The zero-order chi connectivity index (χ0) is 20.1. The second-order valence-corrected chi connectivity index (χ2v) is 6.40. The highest BCUT2D eigenvalue weighted by atomic mass is 16.5. The lowest BCUT2D eigenvalue weighted by atomic mass is 10.0. The first-order chi connectivity index (χ1) is 13.5. The number of aryl methyl sites for hydroxylation is 1. The van der Waals surface area contributed by atoms with Crippen molar-refractivity contribution in [3.05, 3.63) is 81.5 Å². The molecule has 0 N–H and O–H groups in total. The third-order valence-corrected chi connectivity index (χ3v) is 4.61. The molecule has 0 fully saturated rings. The van der Waals surface area contributed by atoms with Crippen molar-refractivity contribution in [2.45, 2.75) is 20.3 Å². The van der Waals surface area contributed by atoms with Gasteiger partial charge < -0.3 is 4.74 Å². The first kappa shape index (κ1) is 19.2. The van der Waals surface area contributed by atoms with Crippen LogP contribution in [0.25, 0.3) is 27.3 Å². The van der Waals surface area contributed by atoms with E-state index in [9.17, 15) is 4.79 Å². The van der Waals surface area contributed by atoms with Crippen LogP contribution >= 0.6 is 0 Å². The van der Waals surface area contributed by atoms with E-state index < -0.39 is 0 Å². The molecule has 0 bridgehead atoms. The van der Waals surface area contributed by atoms with Crippen LogP contribution in [-0.4, -0.2) is 29.4 Å². The fourth-order valence-corrected chi connectivity index (χ4v) is 3.26. The van der Waals surface area contributed by atoms with Crippen molar-refractivity contribution in [2.24, 2.45) is 5.11 Å². The van der Waals surface area contributed by atoms with Crippen molar-refractivity contribution in [1.82, 2.24) is 9.78 Å². The minimum atomic E-state index is -0.360. The van der Waals surface area contributed by atoms with Crippen LogP contribution in [0.15, 0.2) is 53.6 Å². The second kappa shape index (κ2) is 8.41. The predicted molar refractivity (Wildman–Crippen MR) is 108 cm³/mol. The van der Waals surface area contributed by atoms with Gasteiger partial charge in [0.25, 0.3) is 0 Å². The number of aromatic nitrogens is 2. The summed E-state index contributed by atoms with van der Waals surface area (Å²) in [5.74, 6) is -0.360. The second-order valence-electron chi connectivity index (χ2n) is 6.40. The molecule has 0 aliphatic rings. The van der Waals surface area contributed by atoms with Crippen molar-refractivity contribution in [2.75, 3.05) is 13.7 Å². The van der Waals surface area contributed by atoms with Crippen LogP contribution in [0.4, 0.5) is 0 Å². The maximum Gasteiger partial charge on any atom is 0.337 e. The summed E-state index contributed by atoms with van der Waals surface area (Å²) in [6, 6.07) is 15.4. The SMILES string of the molecule is COC(=O)c1cccc(-c2c(C)nn(-c3ccc(CCN=[N+]=[N-])cc3)c2C)c1. The van der Waals surface area contributed by atoms with Gasteiger partial charge in [0.05, 0.1) is 24.1 Å². The Kier molecular flexibility index (Phi) is 5.77. The molecule has 1 heterocycles. The van der Waals surface area contributed by atoms with Crippen molar-refractivity contribution >= 4 is 5.97 Å². The third-order valence-electron chi connectivity index (χ3n) is 4.61. The lowest BCUT2D eigenvalue weighted by molar-refractivity contribution is 0.0601. The quantitative estimate of drug-likeness (QED) is 0.268. The maximum absolute atomic E-state index is 11.9. The molecule has 0 radical (unpaired) electrons. The molecule has 142 valence electrons. The number of nitrogens with zero attached hydrogens (tertiary/aromatic N) is 5. The van der Waals surface area contributed by atoms with E-state index >= 15 is 0 Å². The molecule has 0 saturated heterocycles. The van der Waals surface area contributed by atoms with Crippen molar-refractivity contribution in [3.8, 4) is 16.8 Å². The van der Waals surface area contributed by atoms with Crippen LogP contribution in [0.1, 0.15) is 27.3 Å². The van der Waals surface area contributed by atoms with Crippen LogP contribution in [0.5, 0.6) is 0 Å². The normalized spacial score (nSPS) is 10.4. The Balaban J connectivity index is 1.94. The summed E-state index contributed by atoms with van der Waals surface area (Å²) < 4.78 is 6.72. The van der Waals surface area contributed by atoms with Gasteiger partial charge in [-0.05, 0) is 61.2 Å². The Morgan fingerprint density at radius 3 is 2.64 bits per heavy atom. The molecule has 28 heavy (non-hydrogen) atoms. The summed E-state index contributed by atoms with van der Waals surface area (Å²) in [5, 5.41) is 8.26. The van der Waals surface area contributed by atoms with E-state index in [1.165, 1.54) is 7.11 Å². The lowest BCUT2D eigenvalue weighted by Crippen LogP contribution is -2.01. The molecule has 0 spiro atoms. The third kappa shape index (κ3) is 3.89. The molecule has 1 aromatic heterocycles. The smallest absolute Gasteiger partial charge is 0.337 e. The minimum Gasteiger partial charge on any atom is -0.465 e. The van der Waals surface area contributed by atoms with Crippen LogP contribution in [0.2, 0.25) is 0 Å². The molecule has 3 aromatic rings. The summed E-state index contributed by atoms with van der Waals surface area (Å²) in [6.07, 6.45) is 0.701. The van der Waals surface area contributed by atoms with Crippen molar-refractivity contribution < 1.29 is 9.53 Å². The summed E-state index contributed by atoms with van der Waals surface area (Å²) in [5.41, 5.74) is 14.7. The summed E-state index contributed by atoms with van der Waals surface area (Å²) in [4.78, 5) is 14.6. The topological polar surface area (TPSA) is 92.9 Å². The van der Waals surface area contributed by atoms with Gasteiger partial charge in [0.15, 0.2) is 0 Å². The van der Waals surface area contributed by atoms with Crippen molar-refractivity contribution in [1.29, 1.82) is 0 Å². The Morgan fingerprint density at radius 1 is 1.21 bits per heavy atom. The van der Waals surface area contributed by atoms with Gasteiger partial charge in [0, 0.05) is 22.7 Å². The zero-order valence-electron chi connectivity index (χ0n) is 16.1. The molecule has 0 aliphatic heterocycles. The highest BCUT2D eigenvalue weighted by Crippen LogP contribution is 2.29. The molecule has 2 aromatic carbocycles. The maximum atomic E-state index is 11.9. The number of carbonyl (C=O) groups excluding carboxylic acids is 1. The van der Waals surface area contributed by atoms with E-state index in [1.54, 1.807) is 6.07 Å². The summed E-state index contributed by atoms with van der Waals surface area (Å²) in [7, 11) is 1.37. The van der Waals surface area contributed by atoms with Gasteiger partial charge in [0.2, 0.25) is 0 Å². The number of esters is 1. The molecule has 0 saturated carbocycles. The monoisotopic (exact) mass is 375 g/mol. The molecule has 0 atom stereocenters. The number of ether oxygens (including phenoxy) is 1.